The van der Waals surface area contributed by atoms with Gasteiger partial charge in [0.05, 0.1) is 23.7 Å². The molecule has 2 atom stereocenters. The zero-order chi connectivity index (χ0) is 13.1. The van der Waals surface area contributed by atoms with Crippen LogP contribution in [0, 0.1) is 0 Å². The minimum absolute atomic E-state index is 0.0228. The second-order valence-corrected chi connectivity index (χ2v) is 7.85. The molecule has 0 aromatic heterocycles. The van der Waals surface area contributed by atoms with Crippen molar-refractivity contribution in [2.45, 2.75) is 38.2 Å². The van der Waals surface area contributed by atoms with E-state index in [9.17, 15) is 8.42 Å². The summed E-state index contributed by atoms with van der Waals surface area (Å²) in [4.78, 5) is 2.15. The Labute approximate surface area is 109 Å². The van der Waals surface area contributed by atoms with E-state index in [1.807, 2.05) is 6.92 Å². The summed E-state index contributed by atoms with van der Waals surface area (Å²) in [5.74, 6) is 0.671. The molecule has 0 spiro atoms. The predicted molar refractivity (Wildman–Crippen MR) is 70.4 cm³/mol. The van der Waals surface area contributed by atoms with Crippen molar-refractivity contribution in [1.29, 1.82) is 0 Å². The third-order valence-electron chi connectivity index (χ3n) is 3.19. The lowest BCUT2D eigenvalue weighted by atomic mass is 10.2. The van der Waals surface area contributed by atoms with Gasteiger partial charge < -0.3 is 4.74 Å². The van der Waals surface area contributed by atoms with Gasteiger partial charge in [-0.2, -0.15) is 0 Å². The fourth-order valence-electron chi connectivity index (χ4n) is 1.76. The largest absolute Gasteiger partial charge is 0.374 e. The van der Waals surface area contributed by atoms with Crippen LogP contribution >= 0.6 is 11.6 Å². The first-order valence-electron chi connectivity index (χ1n) is 6.00. The molecule has 1 heterocycles. The number of rotatable bonds is 5. The maximum atomic E-state index is 11.7. The standard InChI is InChI=1S/C11H22ClNO3S/c1-9(2)17(14,15)5-4-13-7-11(6-12)16-8-10(13)3/h9-11H,4-8H2,1-3H3. The van der Waals surface area contributed by atoms with Gasteiger partial charge in [-0.25, -0.2) is 8.42 Å². The minimum Gasteiger partial charge on any atom is -0.374 e. The van der Waals surface area contributed by atoms with Gasteiger partial charge in [-0.1, -0.05) is 0 Å². The Kier molecular flexibility index (Phi) is 5.70. The Morgan fingerprint density at radius 2 is 2.12 bits per heavy atom. The van der Waals surface area contributed by atoms with Crippen molar-refractivity contribution in [3.05, 3.63) is 0 Å². The fourth-order valence-corrected chi connectivity index (χ4v) is 2.91. The van der Waals surface area contributed by atoms with Crippen LogP contribution < -0.4 is 0 Å². The van der Waals surface area contributed by atoms with Crippen LogP contribution in [0.2, 0.25) is 0 Å². The Bertz CT molecular complexity index is 332. The summed E-state index contributed by atoms with van der Waals surface area (Å²) in [7, 11) is -2.96. The fraction of sp³-hybridized carbons (Fsp3) is 1.00. The molecule has 1 saturated heterocycles. The van der Waals surface area contributed by atoms with Crippen molar-refractivity contribution in [2.75, 3.05) is 31.3 Å². The van der Waals surface area contributed by atoms with Crippen molar-refractivity contribution < 1.29 is 13.2 Å². The highest BCUT2D eigenvalue weighted by Crippen LogP contribution is 2.13. The third-order valence-corrected chi connectivity index (χ3v) is 5.72. The Hall–Kier alpha value is 0.160. The summed E-state index contributed by atoms with van der Waals surface area (Å²) in [6.07, 6.45) is 0.0228. The van der Waals surface area contributed by atoms with Gasteiger partial charge in [0, 0.05) is 25.0 Å². The molecular formula is C11H22ClNO3S. The molecule has 0 aromatic carbocycles. The first-order valence-corrected chi connectivity index (χ1v) is 8.25. The molecule has 17 heavy (non-hydrogen) atoms. The number of halogens is 1. The van der Waals surface area contributed by atoms with Gasteiger partial charge in [0.1, 0.15) is 0 Å². The first kappa shape index (κ1) is 15.2. The second kappa shape index (κ2) is 6.36. The van der Waals surface area contributed by atoms with E-state index < -0.39 is 9.84 Å². The van der Waals surface area contributed by atoms with Crippen molar-refractivity contribution in [1.82, 2.24) is 4.90 Å². The number of morpholine rings is 1. The molecule has 0 saturated carbocycles. The van der Waals surface area contributed by atoms with Crippen LogP contribution in [-0.4, -0.2) is 62.0 Å². The summed E-state index contributed by atoms with van der Waals surface area (Å²) in [6.45, 7) is 7.40. The molecule has 0 N–H and O–H groups in total. The average Bonchev–Trinajstić information content (AvgIpc) is 2.28. The molecule has 0 bridgehead atoms. The zero-order valence-electron chi connectivity index (χ0n) is 10.7. The normalized spacial score (nSPS) is 27.6. The molecule has 0 aliphatic carbocycles. The van der Waals surface area contributed by atoms with Gasteiger partial charge >= 0.3 is 0 Å². The lowest BCUT2D eigenvalue weighted by Crippen LogP contribution is -2.50. The van der Waals surface area contributed by atoms with Crippen molar-refractivity contribution in [3.8, 4) is 0 Å². The van der Waals surface area contributed by atoms with Gasteiger partial charge in [-0.15, -0.1) is 11.6 Å². The molecule has 1 fully saturated rings. The van der Waals surface area contributed by atoms with E-state index >= 15 is 0 Å². The van der Waals surface area contributed by atoms with Crippen molar-refractivity contribution in [3.63, 3.8) is 0 Å². The van der Waals surface area contributed by atoms with E-state index in [0.29, 0.717) is 19.0 Å². The van der Waals surface area contributed by atoms with Crippen LogP contribution in [0.4, 0.5) is 0 Å². The molecule has 4 nitrogen and oxygen atoms in total. The molecule has 1 aliphatic rings. The minimum atomic E-state index is -2.96. The molecule has 1 aliphatic heterocycles. The summed E-state index contributed by atoms with van der Waals surface area (Å²) in [5, 5.41) is -0.303. The maximum Gasteiger partial charge on any atom is 0.153 e. The van der Waals surface area contributed by atoms with E-state index in [2.05, 4.69) is 4.90 Å². The Balaban J connectivity index is 2.50. The van der Waals surface area contributed by atoms with Crippen LogP contribution in [0.25, 0.3) is 0 Å². The molecule has 0 aromatic rings. The van der Waals surface area contributed by atoms with E-state index in [-0.39, 0.29) is 23.1 Å². The van der Waals surface area contributed by atoms with Gasteiger partial charge in [0.25, 0.3) is 0 Å². The first-order chi connectivity index (χ1) is 7.86. The molecule has 0 amide bonds. The van der Waals surface area contributed by atoms with Crippen LogP contribution in [0.5, 0.6) is 0 Å². The molecule has 102 valence electrons. The Morgan fingerprint density at radius 1 is 1.47 bits per heavy atom. The van der Waals surface area contributed by atoms with Crippen LogP contribution in [0.15, 0.2) is 0 Å². The maximum absolute atomic E-state index is 11.7. The highest BCUT2D eigenvalue weighted by molar-refractivity contribution is 7.92. The highest BCUT2D eigenvalue weighted by Gasteiger charge is 2.27. The highest BCUT2D eigenvalue weighted by atomic mass is 35.5. The summed E-state index contributed by atoms with van der Waals surface area (Å²) >= 11 is 5.76. The van der Waals surface area contributed by atoms with Crippen LogP contribution in [0.1, 0.15) is 20.8 Å². The van der Waals surface area contributed by atoms with Crippen molar-refractivity contribution in [2.24, 2.45) is 0 Å². The molecule has 1 rings (SSSR count). The molecular weight excluding hydrogens is 262 g/mol. The average molecular weight is 284 g/mol. The van der Waals surface area contributed by atoms with Gasteiger partial charge in [0.2, 0.25) is 0 Å². The Morgan fingerprint density at radius 3 is 2.65 bits per heavy atom. The van der Waals surface area contributed by atoms with Gasteiger partial charge in [-0.05, 0) is 20.8 Å². The van der Waals surface area contributed by atoms with Gasteiger partial charge in [0.15, 0.2) is 9.84 Å². The summed E-state index contributed by atoms with van der Waals surface area (Å²) in [6, 6.07) is 0.261. The quantitative estimate of drug-likeness (QED) is 0.710. The van der Waals surface area contributed by atoms with E-state index in [1.54, 1.807) is 13.8 Å². The smallest absolute Gasteiger partial charge is 0.153 e. The monoisotopic (exact) mass is 283 g/mol. The number of nitrogens with zero attached hydrogens (tertiary/aromatic N) is 1. The second-order valence-electron chi connectivity index (χ2n) is 4.87. The topological polar surface area (TPSA) is 46.6 Å². The number of alkyl halides is 1. The third kappa shape index (κ3) is 4.39. The number of sulfone groups is 1. The lowest BCUT2D eigenvalue weighted by Gasteiger charge is -2.37. The summed E-state index contributed by atoms with van der Waals surface area (Å²) in [5.41, 5.74) is 0. The predicted octanol–water partition coefficient (Wildman–Crippen LogP) is 1.14. The van der Waals surface area contributed by atoms with Crippen LogP contribution in [0.3, 0.4) is 0 Å². The molecule has 0 radical (unpaired) electrons. The summed E-state index contributed by atoms with van der Waals surface area (Å²) < 4.78 is 29.0. The van der Waals surface area contributed by atoms with Gasteiger partial charge in [-0.3, -0.25) is 4.90 Å². The van der Waals surface area contributed by atoms with Crippen molar-refractivity contribution >= 4 is 21.4 Å². The lowest BCUT2D eigenvalue weighted by molar-refractivity contribution is -0.0452. The number of ether oxygens (including phenoxy) is 1. The molecule has 6 heteroatoms. The van der Waals surface area contributed by atoms with E-state index in [4.69, 9.17) is 16.3 Å². The SMILES string of the molecule is CC1COC(CCl)CN1CCS(=O)(=O)C(C)C. The molecule has 2 unspecified atom stereocenters. The van der Waals surface area contributed by atoms with E-state index in [0.717, 1.165) is 6.54 Å². The number of hydrogen-bond donors (Lipinski definition) is 0. The number of hydrogen-bond acceptors (Lipinski definition) is 4. The van der Waals surface area contributed by atoms with Crippen LogP contribution in [-0.2, 0) is 14.6 Å². The zero-order valence-corrected chi connectivity index (χ0v) is 12.3. The van der Waals surface area contributed by atoms with E-state index in [1.165, 1.54) is 0 Å².